The van der Waals surface area contributed by atoms with E-state index in [0.29, 0.717) is 12.3 Å². The van der Waals surface area contributed by atoms with Gasteiger partial charge in [-0.05, 0) is 55.8 Å². The molecule has 3 heterocycles. The number of hydrogen-bond acceptors (Lipinski definition) is 4. The van der Waals surface area contributed by atoms with Gasteiger partial charge in [0.25, 0.3) is 0 Å². The van der Waals surface area contributed by atoms with Crippen molar-refractivity contribution in [1.82, 2.24) is 9.55 Å². The van der Waals surface area contributed by atoms with Crippen LogP contribution in [0.2, 0.25) is 0 Å². The summed E-state index contributed by atoms with van der Waals surface area (Å²) in [5.41, 5.74) is 6.86. The van der Waals surface area contributed by atoms with E-state index in [4.69, 9.17) is 9.40 Å². The number of aromatic nitrogens is 2. The van der Waals surface area contributed by atoms with E-state index in [0.717, 1.165) is 45.6 Å². The molecule has 32 heavy (non-hydrogen) atoms. The lowest BCUT2D eigenvalue weighted by Gasteiger charge is -2.36. The zero-order valence-electron chi connectivity index (χ0n) is 18.1. The molecule has 1 unspecified atom stereocenters. The fourth-order valence-corrected chi connectivity index (χ4v) is 4.81. The van der Waals surface area contributed by atoms with Gasteiger partial charge in [0, 0.05) is 23.7 Å². The third-order valence-electron chi connectivity index (χ3n) is 6.42. The van der Waals surface area contributed by atoms with Crippen molar-refractivity contribution in [1.29, 1.82) is 0 Å². The van der Waals surface area contributed by atoms with Gasteiger partial charge in [-0.2, -0.15) is 0 Å². The smallest absolute Gasteiger partial charge is 0.336 e. The monoisotopic (exact) mass is 421 g/mol. The van der Waals surface area contributed by atoms with Gasteiger partial charge in [0.1, 0.15) is 11.4 Å². The Kier molecular flexibility index (Phi) is 4.18. The lowest BCUT2D eigenvalue weighted by Crippen LogP contribution is -2.38. The van der Waals surface area contributed by atoms with Crippen LogP contribution in [-0.2, 0) is 6.67 Å². The van der Waals surface area contributed by atoms with E-state index < -0.39 is 0 Å². The molecule has 0 N–H and O–H groups in total. The van der Waals surface area contributed by atoms with Gasteiger partial charge in [-0.1, -0.05) is 41.5 Å². The molecule has 6 rings (SSSR count). The zero-order valence-corrected chi connectivity index (χ0v) is 18.1. The number of rotatable bonds is 2. The number of fused-ring (bicyclic) bond motifs is 4. The Hall–Kier alpha value is -3.86. The number of hydrogen-bond donors (Lipinski definition) is 0. The lowest BCUT2D eigenvalue weighted by atomic mass is 9.92. The van der Waals surface area contributed by atoms with Crippen molar-refractivity contribution < 1.29 is 4.42 Å². The molecule has 0 saturated carbocycles. The quantitative estimate of drug-likeness (QED) is 0.360. The third kappa shape index (κ3) is 3.01. The second-order valence-electron chi connectivity index (χ2n) is 8.66. The number of benzene rings is 3. The fourth-order valence-electron chi connectivity index (χ4n) is 4.81. The summed E-state index contributed by atoms with van der Waals surface area (Å²) in [6.07, 6.45) is 0. The molecule has 0 spiro atoms. The summed E-state index contributed by atoms with van der Waals surface area (Å²) in [5, 5.41) is 0.971. The highest BCUT2D eigenvalue weighted by Crippen LogP contribution is 2.37. The van der Waals surface area contributed by atoms with E-state index in [-0.39, 0.29) is 11.5 Å². The first-order chi connectivity index (χ1) is 15.6. The molecule has 2 aromatic heterocycles. The van der Waals surface area contributed by atoms with Crippen LogP contribution in [0.1, 0.15) is 28.4 Å². The second-order valence-corrected chi connectivity index (χ2v) is 8.66. The largest absolute Gasteiger partial charge is 0.423 e. The van der Waals surface area contributed by atoms with Crippen molar-refractivity contribution in [3.05, 3.63) is 106 Å². The normalized spacial score (nSPS) is 15.9. The molecule has 0 fully saturated rings. The van der Waals surface area contributed by atoms with Gasteiger partial charge in [0.05, 0.1) is 23.6 Å². The zero-order chi connectivity index (χ0) is 21.8. The van der Waals surface area contributed by atoms with Crippen LogP contribution in [0.25, 0.3) is 22.0 Å². The van der Waals surface area contributed by atoms with Crippen molar-refractivity contribution in [3.63, 3.8) is 0 Å². The van der Waals surface area contributed by atoms with Gasteiger partial charge in [-0.3, -0.25) is 0 Å². The summed E-state index contributed by atoms with van der Waals surface area (Å²) in [7, 11) is 0. The van der Waals surface area contributed by atoms with Gasteiger partial charge in [-0.15, -0.1) is 0 Å². The van der Waals surface area contributed by atoms with Crippen LogP contribution in [0.4, 0.5) is 5.69 Å². The van der Waals surface area contributed by atoms with Gasteiger partial charge in [-0.25, -0.2) is 9.78 Å². The molecule has 5 heteroatoms. The van der Waals surface area contributed by atoms with Crippen molar-refractivity contribution in [2.45, 2.75) is 26.4 Å². The summed E-state index contributed by atoms with van der Waals surface area (Å²) < 4.78 is 7.80. The number of anilines is 1. The Morgan fingerprint density at radius 3 is 2.56 bits per heavy atom. The Balaban J connectivity index is 1.60. The van der Waals surface area contributed by atoms with Crippen LogP contribution in [-0.4, -0.2) is 16.1 Å². The molecule has 0 aliphatic carbocycles. The molecule has 0 radical (unpaired) electrons. The SMILES string of the molecule is Cc1ccc(N2CC(c3cc(=O)oc4ccc(C)cc34)c3nc4ccccc4n3C2)cc1. The molecular weight excluding hydrogens is 398 g/mol. The van der Waals surface area contributed by atoms with Crippen LogP contribution < -0.4 is 10.5 Å². The Labute approximate surface area is 185 Å². The predicted molar refractivity (Wildman–Crippen MR) is 127 cm³/mol. The minimum atomic E-state index is -0.327. The van der Waals surface area contributed by atoms with E-state index >= 15 is 0 Å². The molecule has 5 aromatic rings. The number of para-hydroxylation sites is 2. The summed E-state index contributed by atoms with van der Waals surface area (Å²) in [6, 6.07) is 24.5. The second kappa shape index (κ2) is 7.09. The molecule has 0 saturated heterocycles. The summed E-state index contributed by atoms with van der Waals surface area (Å²) in [4.78, 5) is 19.9. The average Bonchev–Trinajstić information content (AvgIpc) is 3.17. The Morgan fingerprint density at radius 2 is 1.72 bits per heavy atom. The maximum absolute atomic E-state index is 12.5. The van der Waals surface area contributed by atoms with Gasteiger partial charge >= 0.3 is 5.63 Å². The minimum Gasteiger partial charge on any atom is -0.423 e. The molecular formula is C27H23N3O2. The van der Waals surface area contributed by atoms with E-state index in [1.54, 1.807) is 6.07 Å². The third-order valence-corrected chi connectivity index (χ3v) is 6.42. The number of imidazole rings is 1. The molecule has 0 amide bonds. The first kappa shape index (κ1) is 18.9. The summed E-state index contributed by atoms with van der Waals surface area (Å²) in [5.74, 6) is 0.925. The summed E-state index contributed by atoms with van der Waals surface area (Å²) >= 11 is 0. The van der Waals surface area contributed by atoms with E-state index in [1.165, 1.54) is 5.56 Å². The highest BCUT2D eigenvalue weighted by atomic mass is 16.4. The minimum absolute atomic E-state index is 0.0640. The average molecular weight is 422 g/mol. The van der Waals surface area contributed by atoms with E-state index in [1.807, 2.05) is 24.3 Å². The molecule has 1 atom stereocenters. The number of nitrogens with zero attached hydrogens (tertiary/aromatic N) is 3. The van der Waals surface area contributed by atoms with Crippen molar-refractivity contribution in [3.8, 4) is 0 Å². The molecule has 5 nitrogen and oxygen atoms in total. The predicted octanol–water partition coefficient (Wildman–Crippen LogP) is 5.37. The van der Waals surface area contributed by atoms with Crippen LogP contribution in [0, 0.1) is 13.8 Å². The van der Waals surface area contributed by atoms with Crippen molar-refractivity contribution in [2.75, 3.05) is 11.4 Å². The molecule has 158 valence electrons. The van der Waals surface area contributed by atoms with Gasteiger partial charge in [0.2, 0.25) is 0 Å². The van der Waals surface area contributed by atoms with E-state index in [9.17, 15) is 4.79 Å². The molecule has 0 bridgehead atoms. The first-order valence-electron chi connectivity index (χ1n) is 10.9. The summed E-state index contributed by atoms with van der Waals surface area (Å²) in [6.45, 7) is 5.61. The standard InChI is InChI=1S/C27H23N3O2/c1-17-7-10-19(11-8-17)29-15-22(27-28-23-5-3-4-6-24(23)30(27)16-29)20-14-26(31)32-25-12-9-18(2)13-21(20)25/h3-14,22H,15-16H2,1-2H3. The van der Waals surface area contributed by atoms with Crippen molar-refractivity contribution in [2.24, 2.45) is 0 Å². The topological polar surface area (TPSA) is 51.3 Å². The maximum atomic E-state index is 12.5. The van der Waals surface area contributed by atoms with E-state index in [2.05, 4.69) is 65.8 Å². The van der Waals surface area contributed by atoms with Crippen molar-refractivity contribution >= 4 is 27.7 Å². The highest BCUT2D eigenvalue weighted by Gasteiger charge is 2.31. The van der Waals surface area contributed by atoms with Gasteiger partial charge in [0.15, 0.2) is 0 Å². The van der Waals surface area contributed by atoms with Crippen LogP contribution in [0.15, 0.2) is 82.0 Å². The van der Waals surface area contributed by atoms with Gasteiger partial charge < -0.3 is 13.9 Å². The lowest BCUT2D eigenvalue weighted by molar-refractivity contribution is 0.517. The van der Waals surface area contributed by atoms with Crippen LogP contribution in [0.5, 0.6) is 0 Å². The first-order valence-corrected chi connectivity index (χ1v) is 10.9. The maximum Gasteiger partial charge on any atom is 0.336 e. The molecule has 1 aliphatic rings. The highest BCUT2D eigenvalue weighted by molar-refractivity contribution is 5.83. The molecule has 1 aliphatic heterocycles. The molecule has 3 aromatic carbocycles. The Morgan fingerprint density at radius 1 is 0.938 bits per heavy atom. The fraction of sp³-hybridized carbons (Fsp3) is 0.185. The van der Waals surface area contributed by atoms with Crippen LogP contribution in [0.3, 0.4) is 0 Å². The van der Waals surface area contributed by atoms with Crippen LogP contribution >= 0.6 is 0 Å². The number of aryl methyl sites for hydroxylation is 2. The Bertz CT molecular complexity index is 1530.